The van der Waals surface area contributed by atoms with Gasteiger partial charge >= 0.3 is 0 Å². The van der Waals surface area contributed by atoms with Gasteiger partial charge in [-0.15, -0.1) is 10.2 Å². The molecule has 1 unspecified atom stereocenters. The van der Waals surface area contributed by atoms with Crippen LogP contribution in [0.25, 0.3) is 28.1 Å². The molecule has 2 N–H and O–H groups in total. The largest absolute Gasteiger partial charge is 0.492 e. The molecule has 0 bridgehead atoms. The van der Waals surface area contributed by atoms with Crippen LogP contribution >= 0.6 is 0 Å². The smallest absolute Gasteiger partial charge is 0.183 e. The number of nitrogens with two attached hydrogens (primary N) is 1. The van der Waals surface area contributed by atoms with E-state index in [-0.39, 0.29) is 6.04 Å². The predicted octanol–water partition coefficient (Wildman–Crippen LogP) is 4.11. The molecule has 30 heavy (non-hydrogen) atoms. The molecule has 0 saturated heterocycles. The van der Waals surface area contributed by atoms with E-state index in [1.165, 1.54) is 5.56 Å². The first kappa shape index (κ1) is 20.2. The quantitative estimate of drug-likeness (QED) is 0.445. The van der Waals surface area contributed by atoms with Crippen LogP contribution in [0.1, 0.15) is 44.4 Å². The lowest BCUT2D eigenvalue weighted by Crippen LogP contribution is -2.15. The Balaban J connectivity index is 1.81. The number of fused-ring (bicyclic) bond motifs is 3. The van der Waals surface area contributed by atoms with Crippen LogP contribution in [0.15, 0.2) is 36.7 Å². The van der Waals surface area contributed by atoms with Crippen molar-refractivity contribution in [2.45, 2.75) is 52.5 Å². The summed E-state index contributed by atoms with van der Waals surface area (Å²) in [5, 5.41) is 8.89. The number of pyridine rings is 1. The summed E-state index contributed by atoms with van der Waals surface area (Å²) in [5.74, 6) is 1.48. The van der Waals surface area contributed by atoms with E-state index in [9.17, 15) is 0 Å². The van der Waals surface area contributed by atoms with Crippen molar-refractivity contribution >= 4 is 16.7 Å². The van der Waals surface area contributed by atoms with Gasteiger partial charge < -0.3 is 10.5 Å². The van der Waals surface area contributed by atoms with Crippen LogP contribution in [0, 0.1) is 6.92 Å². The minimum atomic E-state index is 0.170. The third kappa shape index (κ3) is 4.11. The highest BCUT2D eigenvalue weighted by Gasteiger charge is 2.16. The number of hydrogen-bond acceptors (Lipinski definition) is 6. The number of ether oxygens (including phenoxy) is 1. The molecule has 3 heterocycles. The number of unbranched alkanes of at least 4 members (excludes halogenated alkanes) is 1. The highest BCUT2D eigenvalue weighted by Crippen LogP contribution is 2.27. The average Bonchev–Trinajstić information content (AvgIpc) is 3.19. The molecule has 4 aromatic rings. The number of benzene rings is 1. The topological polar surface area (TPSA) is 91.2 Å². The van der Waals surface area contributed by atoms with E-state index in [0.717, 1.165) is 65.2 Å². The number of hydrogen-bond donors (Lipinski definition) is 1. The Morgan fingerprint density at radius 3 is 2.83 bits per heavy atom. The normalized spacial score (nSPS) is 12.5. The van der Waals surface area contributed by atoms with Crippen LogP contribution in [-0.2, 0) is 6.42 Å². The standard InChI is InChI=1S/C23H28N6O/c1-4-5-10-30-19-12-18(13-25-14-19)23-28-27-22-16(3)26-20-9-8-17(7-6-15(2)24)11-21(20)29(22)23/h8-9,11-15H,4-7,10,24H2,1-3H3. The minimum Gasteiger partial charge on any atom is -0.492 e. The van der Waals surface area contributed by atoms with Gasteiger partial charge in [0.2, 0.25) is 0 Å². The molecule has 0 aliphatic rings. The summed E-state index contributed by atoms with van der Waals surface area (Å²) in [5.41, 5.74) is 11.5. The number of nitrogens with zero attached hydrogens (tertiary/aromatic N) is 5. The third-order valence-electron chi connectivity index (χ3n) is 5.18. The van der Waals surface area contributed by atoms with Crippen molar-refractivity contribution in [2.24, 2.45) is 5.73 Å². The first-order chi connectivity index (χ1) is 14.6. The molecule has 7 heteroatoms. The van der Waals surface area contributed by atoms with Crippen LogP contribution in [0.3, 0.4) is 0 Å². The molecule has 0 aliphatic carbocycles. The Morgan fingerprint density at radius 2 is 2.03 bits per heavy atom. The number of aryl methyl sites for hydroxylation is 2. The summed E-state index contributed by atoms with van der Waals surface area (Å²) in [6.07, 6.45) is 7.49. The second-order valence-corrected chi connectivity index (χ2v) is 7.83. The minimum absolute atomic E-state index is 0.170. The van der Waals surface area contributed by atoms with E-state index in [4.69, 9.17) is 15.5 Å². The highest BCUT2D eigenvalue weighted by molar-refractivity contribution is 5.81. The van der Waals surface area contributed by atoms with Gasteiger partial charge in [0.1, 0.15) is 5.75 Å². The molecular formula is C23H28N6O. The second-order valence-electron chi connectivity index (χ2n) is 7.83. The molecule has 156 valence electrons. The van der Waals surface area contributed by atoms with Crippen molar-refractivity contribution in [3.63, 3.8) is 0 Å². The first-order valence-corrected chi connectivity index (χ1v) is 10.5. The van der Waals surface area contributed by atoms with Crippen LogP contribution < -0.4 is 10.5 Å². The van der Waals surface area contributed by atoms with Crippen molar-refractivity contribution in [1.29, 1.82) is 0 Å². The monoisotopic (exact) mass is 404 g/mol. The molecule has 7 nitrogen and oxygen atoms in total. The summed E-state index contributed by atoms with van der Waals surface area (Å²) < 4.78 is 7.91. The fourth-order valence-corrected chi connectivity index (χ4v) is 3.51. The Morgan fingerprint density at radius 1 is 1.17 bits per heavy atom. The van der Waals surface area contributed by atoms with Gasteiger partial charge in [-0.1, -0.05) is 19.4 Å². The van der Waals surface area contributed by atoms with Crippen LogP contribution in [0.5, 0.6) is 5.75 Å². The fourth-order valence-electron chi connectivity index (χ4n) is 3.51. The molecule has 1 atom stereocenters. The van der Waals surface area contributed by atoms with Crippen LogP contribution in [-0.4, -0.2) is 37.2 Å². The summed E-state index contributed by atoms with van der Waals surface area (Å²) in [4.78, 5) is 9.09. The summed E-state index contributed by atoms with van der Waals surface area (Å²) in [7, 11) is 0. The Hall–Kier alpha value is -3.06. The maximum atomic E-state index is 5.95. The lowest BCUT2D eigenvalue weighted by atomic mass is 10.1. The number of rotatable bonds is 8. The molecular weight excluding hydrogens is 376 g/mol. The molecule has 0 radical (unpaired) electrons. The van der Waals surface area contributed by atoms with Gasteiger partial charge in [0, 0.05) is 17.8 Å². The van der Waals surface area contributed by atoms with E-state index in [0.29, 0.717) is 6.61 Å². The SMILES string of the molecule is CCCCOc1cncc(-c2nnc3c(C)nc4ccc(CCC(C)N)cc4n23)c1. The zero-order valence-corrected chi connectivity index (χ0v) is 17.8. The Labute approximate surface area is 176 Å². The van der Waals surface area contributed by atoms with Gasteiger partial charge in [-0.05, 0) is 56.9 Å². The zero-order valence-electron chi connectivity index (χ0n) is 17.8. The average molecular weight is 405 g/mol. The summed E-state index contributed by atoms with van der Waals surface area (Å²) >= 11 is 0. The molecule has 1 aromatic carbocycles. The van der Waals surface area contributed by atoms with Crippen molar-refractivity contribution in [3.8, 4) is 17.1 Å². The van der Waals surface area contributed by atoms with E-state index in [2.05, 4.69) is 44.7 Å². The maximum absolute atomic E-state index is 5.95. The highest BCUT2D eigenvalue weighted by atomic mass is 16.5. The van der Waals surface area contributed by atoms with E-state index in [1.807, 2.05) is 19.9 Å². The van der Waals surface area contributed by atoms with E-state index in [1.54, 1.807) is 12.4 Å². The van der Waals surface area contributed by atoms with E-state index < -0.39 is 0 Å². The fraction of sp³-hybridized carbons (Fsp3) is 0.391. The molecule has 3 aromatic heterocycles. The van der Waals surface area contributed by atoms with Crippen molar-refractivity contribution < 1.29 is 4.74 Å². The van der Waals surface area contributed by atoms with Crippen molar-refractivity contribution in [1.82, 2.24) is 24.6 Å². The van der Waals surface area contributed by atoms with Gasteiger partial charge in [-0.3, -0.25) is 9.38 Å². The molecule has 0 saturated carbocycles. The van der Waals surface area contributed by atoms with Gasteiger partial charge in [-0.2, -0.15) is 0 Å². The molecule has 0 aliphatic heterocycles. The summed E-state index contributed by atoms with van der Waals surface area (Å²) in [6, 6.07) is 8.49. The Bertz CT molecular complexity index is 1170. The van der Waals surface area contributed by atoms with Crippen LogP contribution in [0.4, 0.5) is 0 Å². The maximum Gasteiger partial charge on any atom is 0.183 e. The van der Waals surface area contributed by atoms with Crippen molar-refractivity contribution in [2.75, 3.05) is 6.61 Å². The van der Waals surface area contributed by atoms with Crippen molar-refractivity contribution in [3.05, 3.63) is 47.9 Å². The molecule has 4 rings (SSSR count). The third-order valence-corrected chi connectivity index (χ3v) is 5.18. The Kier molecular flexibility index (Phi) is 5.90. The lowest BCUT2D eigenvalue weighted by Gasteiger charge is -2.10. The van der Waals surface area contributed by atoms with Gasteiger partial charge in [0.15, 0.2) is 11.5 Å². The van der Waals surface area contributed by atoms with Gasteiger partial charge in [0.25, 0.3) is 0 Å². The number of aromatic nitrogens is 5. The molecule has 0 spiro atoms. The van der Waals surface area contributed by atoms with Gasteiger partial charge in [0.05, 0.1) is 29.5 Å². The van der Waals surface area contributed by atoms with Gasteiger partial charge in [-0.25, -0.2) is 4.98 Å². The molecule has 0 amide bonds. The first-order valence-electron chi connectivity index (χ1n) is 10.5. The summed E-state index contributed by atoms with van der Waals surface area (Å²) in [6.45, 7) is 6.81. The van der Waals surface area contributed by atoms with Crippen LogP contribution in [0.2, 0.25) is 0 Å². The van der Waals surface area contributed by atoms with E-state index >= 15 is 0 Å². The lowest BCUT2D eigenvalue weighted by molar-refractivity contribution is 0.308. The zero-order chi connectivity index (χ0) is 21.1. The molecule has 0 fully saturated rings. The second kappa shape index (κ2) is 8.75. The predicted molar refractivity (Wildman–Crippen MR) is 119 cm³/mol.